The number of carbonyl (C=O) groups is 2. The molecule has 2 aromatic carbocycles. The first kappa shape index (κ1) is 17.9. The predicted octanol–water partition coefficient (Wildman–Crippen LogP) is 3.93. The largest absolute Gasteiger partial charge is 0.451 e. The Bertz CT molecular complexity index is 859. The normalized spacial score (nSPS) is 10.3. The van der Waals surface area contributed by atoms with Crippen LogP contribution in [-0.4, -0.2) is 25.0 Å². The molecule has 0 spiro atoms. The van der Waals surface area contributed by atoms with E-state index in [9.17, 15) is 9.59 Å². The van der Waals surface area contributed by atoms with Crippen molar-refractivity contribution in [1.29, 1.82) is 0 Å². The minimum atomic E-state index is -0.475. The average Bonchev–Trinajstić information content (AvgIpc) is 3.18. The highest BCUT2D eigenvalue weighted by Gasteiger charge is 2.17. The van der Waals surface area contributed by atoms with E-state index >= 15 is 0 Å². The van der Waals surface area contributed by atoms with E-state index in [4.69, 9.17) is 4.74 Å². The molecule has 0 saturated heterocycles. The van der Waals surface area contributed by atoms with Gasteiger partial charge in [0.05, 0.1) is 0 Å². The summed E-state index contributed by atoms with van der Waals surface area (Å²) >= 11 is 1.31. The van der Waals surface area contributed by atoms with Crippen LogP contribution in [0.15, 0.2) is 72.1 Å². The number of esters is 1. The number of amides is 1. The lowest BCUT2D eigenvalue weighted by Crippen LogP contribution is -2.30. The lowest BCUT2D eigenvalue weighted by atomic mass is 10.1. The molecule has 3 aromatic rings. The Hall–Kier alpha value is -2.92. The Labute approximate surface area is 156 Å². The summed E-state index contributed by atoms with van der Waals surface area (Å²) < 4.78 is 5.17. The maximum atomic E-state index is 12.3. The summed E-state index contributed by atoms with van der Waals surface area (Å²) in [6.45, 7) is 0.231. The molecule has 1 amide bonds. The van der Waals surface area contributed by atoms with E-state index in [1.807, 2.05) is 72.1 Å². The van der Waals surface area contributed by atoms with E-state index < -0.39 is 5.97 Å². The molecular formula is C21H19NO3S. The standard InChI is InChI=1S/C21H19NO3S/c23-19(22-13-11-16-7-3-1-4-8-16)15-25-21(24)20-18(12-14-26-20)17-9-5-2-6-10-17/h1-10,12,14H,11,13,15H2,(H,22,23). The molecule has 4 nitrogen and oxygen atoms in total. The monoisotopic (exact) mass is 365 g/mol. The fraction of sp³-hybridized carbons (Fsp3) is 0.143. The molecule has 26 heavy (non-hydrogen) atoms. The van der Waals surface area contributed by atoms with Crippen LogP contribution in [0, 0.1) is 0 Å². The molecular weight excluding hydrogens is 346 g/mol. The number of rotatable bonds is 7. The topological polar surface area (TPSA) is 55.4 Å². The Morgan fingerprint density at radius 1 is 0.923 bits per heavy atom. The van der Waals surface area contributed by atoms with Crippen LogP contribution in [0.4, 0.5) is 0 Å². The van der Waals surface area contributed by atoms with Crippen LogP contribution in [0.25, 0.3) is 11.1 Å². The molecule has 132 valence electrons. The van der Waals surface area contributed by atoms with Gasteiger partial charge in [-0.25, -0.2) is 4.79 Å². The van der Waals surface area contributed by atoms with Gasteiger partial charge >= 0.3 is 5.97 Å². The fourth-order valence-electron chi connectivity index (χ4n) is 2.55. The number of nitrogens with one attached hydrogen (secondary N) is 1. The molecule has 0 saturated carbocycles. The summed E-state index contributed by atoms with van der Waals surface area (Å²) in [6.07, 6.45) is 0.740. The van der Waals surface area contributed by atoms with Gasteiger partial charge in [0, 0.05) is 12.1 Å². The predicted molar refractivity (Wildman–Crippen MR) is 103 cm³/mol. The first-order valence-corrected chi connectivity index (χ1v) is 9.22. The molecule has 1 N–H and O–H groups in total. The van der Waals surface area contributed by atoms with Gasteiger partial charge in [0.25, 0.3) is 5.91 Å². The van der Waals surface area contributed by atoms with Gasteiger partial charge < -0.3 is 10.1 Å². The zero-order valence-electron chi connectivity index (χ0n) is 14.2. The van der Waals surface area contributed by atoms with Crippen LogP contribution in [0.1, 0.15) is 15.2 Å². The summed E-state index contributed by atoms with van der Waals surface area (Å²) in [5, 5.41) is 4.61. The smallest absolute Gasteiger partial charge is 0.349 e. The SMILES string of the molecule is O=C(COC(=O)c1sccc1-c1ccccc1)NCCc1ccccc1. The average molecular weight is 365 g/mol. The summed E-state index contributed by atoms with van der Waals surface area (Å²) in [6, 6.07) is 21.4. The number of carbonyl (C=O) groups excluding carboxylic acids is 2. The third-order valence-corrected chi connectivity index (χ3v) is 4.74. The molecule has 0 bridgehead atoms. The van der Waals surface area contributed by atoms with Crippen molar-refractivity contribution in [3.63, 3.8) is 0 Å². The summed E-state index contributed by atoms with van der Waals surface area (Å²) in [5.74, 6) is -0.774. The molecule has 5 heteroatoms. The van der Waals surface area contributed by atoms with Crippen molar-refractivity contribution in [2.24, 2.45) is 0 Å². The van der Waals surface area contributed by atoms with Crippen molar-refractivity contribution >= 4 is 23.2 Å². The van der Waals surface area contributed by atoms with Crippen LogP contribution in [-0.2, 0) is 16.0 Å². The number of hydrogen-bond donors (Lipinski definition) is 1. The third-order valence-electron chi connectivity index (χ3n) is 3.85. The van der Waals surface area contributed by atoms with E-state index in [2.05, 4.69) is 5.32 Å². The van der Waals surface area contributed by atoms with Crippen molar-refractivity contribution in [2.45, 2.75) is 6.42 Å². The number of benzene rings is 2. The van der Waals surface area contributed by atoms with Gasteiger partial charge in [0.2, 0.25) is 0 Å². The number of ether oxygens (including phenoxy) is 1. The van der Waals surface area contributed by atoms with Crippen molar-refractivity contribution < 1.29 is 14.3 Å². The van der Waals surface area contributed by atoms with E-state index in [1.54, 1.807) is 0 Å². The molecule has 0 unspecified atom stereocenters. The van der Waals surface area contributed by atoms with E-state index in [0.29, 0.717) is 11.4 Å². The van der Waals surface area contributed by atoms with Gasteiger partial charge in [-0.1, -0.05) is 60.7 Å². The fourth-order valence-corrected chi connectivity index (χ4v) is 3.36. The Kier molecular flexibility index (Phi) is 6.17. The molecule has 0 atom stereocenters. The molecule has 0 radical (unpaired) electrons. The van der Waals surface area contributed by atoms with E-state index in [1.165, 1.54) is 11.3 Å². The van der Waals surface area contributed by atoms with Gasteiger partial charge in [-0.05, 0) is 29.0 Å². The van der Waals surface area contributed by atoms with Crippen molar-refractivity contribution in [1.82, 2.24) is 5.32 Å². The zero-order chi connectivity index (χ0) is 18.2. The van der Waals surface area contributed by atoms with Gasteiger partial charge in [-0.15, -0.1) is 11.3 Å². The highest BCUT2D eigenvalue weighted by Crippen LogP contribution is 2.28. The zero-order valence-corrected chi connectivity index (χ0v) is 15.0. The number of hydrogen-bond acceptors (Lipinski definition) is 4. The molecule has 1 aromatic heterocycles. The lowest BCUT2D eigenvalue weighted by molar-refractivity contribution is -0.124. The highest BCUT2D eigenvalue weighted by atomic mass is 32.1. The summed E-state index contributed by atoms with van der Waals surface area (Å²) in [5.41, 5.74) is 2.92. The molecule has 0 aliphatic heterocycles. The Morgan fingerprint density at radius 2 is 1.62 bits per heavy atom. The van der Waals surface area contributed by atoms with Crippen LogP contribution >= 0.6 is 11.3 Å². The van der Waals surface area contributed by atoms with Gasteiger partial charge in [-0.2, -0.15) is 0 Å². The quantitative estimate of drug-likeness (QED) is 0.646. The number of thiophene rings is 1. The van der Waals surface area contributed by atoms with Crippen molar-refractivity contribution in [3.05, 3.63) is 82.6 Å². The third kappa shape index (κ3) is 4.80. The molecule has 0 aliphatic rings. The molecule has 0 aliphatic carbocycles. The lowest BCUT2D eigenvalue weighted by Gasteiger charge is -2.07. The summed E-state index contributed by atoms with van der Waals surface area (Å²) in [4.78, 5) is 24.7. The molecule has 0 fully saturated rings. The highest BCUT2D eigenvalue weighted by molar-refractivity contribution is 7.12. The minimum absolute atomic E-state index is 0.278. The second-order valence-electron chi connectivity index (χ2n) is 5.69. The van der Waals surface area contributed by atoms with Crippen LogP contribution < -0.4 is 5.32 Å². The van der Waals surface area contributed by atoms with Crippen molar-refractivity contribution in [2.75, 3.05) is 13.2 Å². The summed E-state index contributed by atoms with van der Waals surface area (Å²) in [7, 11) is 0. The van der Waals surface area contributed by atoms with Crippen LogP contribution in [0.5, 0.6) is 0 Å². The van der Waals surface area contributed by atoms with Gasteiger partial charge in [-0.3, -0.25) is 4.79 Å². The Morgan fingerprint density at radius 3 is 2.35 bits per heavy atom. The Balaban J connectivity index is 1.48. The first-order valence-electron chi connectivity index (χ1n) is 8.34. The minimum Gasteiger partial charge on any atom is -0.451 e. The first-order chi connectivity index (χ1) is 12.7. The van der Waals surface area contributed by atoms with Crippen LogP contribution in [0.3, 0.4) is 0 Å². The molecule has 1 heterocycles. The van der Waals surface area contributed by atoms with E-state index in [-0.39, 0.29) is 12.5 Å². The van der Waals surface area contributed by atoms with Crippen LogP contribution in [0.2, 0.25) is 0 Å². The second kappa shape index (κ2) is 8.97. The molecule has 3 rings (SSSR count). The van der Waals surface area contributed by atoms with Crippen molar-refractivity contribution in [3.8, 4) is 11.1 Å². The second-order valence-corrected chi connectivity index (χ2v) is 6.61. The van der Waals surface area contributed by atoms with Gasteiger partial charge in [0.1, 0.15) is 4.88 Å². The maximum absolute atomic E-state index is 12.3. The van der Waals surface area contributed by atoms with Gasteiger partial charge in [0.15, 0.2) is 6.61 Å². The maximum Gasteiger partial charge on any atom is 0.349 e. The van der Waals surface area contributed by atoms with E-state index in [0.717, 1.165) is 23.1 Å².